The highest BCUT2D eigenvalue weighted by molar-refractivity contribution is 7.90. The summed E-state index contributed by atoms with van der Waals surface area (Å²) in [5.41, 5.74) is 4.99. The molecule has 8 nitrogen and oxygen atoms in total. The Morgan fingerprint density at radius 2 is 1.77 bits per heavy atom. The molecule has 1 N–H and O–H groups in total. The van der Waals surface area contributed by atoms with Crippen molar-refractivity contribution in [3.8, 4) is 11.1 Å². The highest BCUT2D eigenvalue weighted by Crippen LogP contribution is 2.34. The van der Waals surface area contributed by atoms with E-state index in [9.17, 15) is 8.42 Å². The van der Waals surface area contributed by atoms with E-state index in [2.05, 4.69) is 42.5 Å². The first-order valence-electron chi connectivity index (χ1n) is 11.7. The first kappa shape index (κ1) is 23.8. The second-order valence-electron chi connectivity index (χ2n) is 8.83. The second kappa shape index (κ2) is 9.96. The fourth-order valence-electron chi connectivity index (χ4n) is 4.33. The SMILES string of the molecule is CCc1cnc(N2CCC(NCc3ncnc4c(-c5ccc(S(C)(=O)=O)cc5)csc34)CC2)nc1. The van der Waals surface area contributed by atoms with E-state index in [1.807, 2.05) is 24.5 Å². The molecule has 0 atom stereocenters. The molecule has 5 rings (SSSR count). The Kier molecular flexibility index (Phi) is 6.77. The predicted octanol–water partition coefficient (Wildman–Crippen LogP) is 3.87. The molecule has 3 aromatic heterocycles. The summed E-state index contributed by atoms with van der Waals surface area (Å²) >= 11 is 1.62. The van der Waals surface area contributed by atoms with Crippen LogP contribution in [0.1, 0.15) is 31.0 Å². The first-order valence-corrected chi connectivity index (χ1v) is 14.5. The van der Waals surface area contributed by atoms with E-state index >= 15 is 0 Å². The van der Waals surface area contributed by atoms with Crippen molar-refractivity contribution in [3.05, 3.63) is 59.6 Å². The van der Waals surface area contributed by atoms with Crippen molar-refractivity contribution in [2.75, 3.05) is 24.2 Å². The number of rotatable bonds is 7. The van der Waals surface area contributed by atoms with E-state index in [0.29, 0.717) is 17.5 Å². The molecule has 4 aromatic rings. The number of hydrogen-bond donors (Lipinski definition) is 1. The van der Waals surface area contributed by atoms with Gasteiger partial charge in [0.25, 0.3) is 0 Å². The lowest BCUT2D eigenvalue weighted by Gasteiger charge is -2.32. The van der Waals surface area contributed by atoms with E-state index in [4.69, 9.17) is 0 Å². The summed E-state index contributed by atoms with van der Waals surface area (Å²) in [6, 6.07) is 7.38. The molecule has 10 heteroatoms. The highest BCUT2D eigenvalue weighted by atomic mass is 32.2. The van der Waals surface area contributed by atoms with Gasteiger partial charge in [-0.3, -0.25) is 0 Å². The maximum atomic E-state index is 11.8. The lowest BCUT2D eigenvalue weighted by Crippen LogP contribution is -2.43. The van der Waals surface area contributed by atoms with Crippen molar-refractivity contribution in [2.24, 2.45) is 0 Å². The lowest BCUT2D eigenvalue weighted by molar-refractivity contribution is 0.410. The maximum Gasteiger partial charge on any atom is 0.225 e. The van der Waals surface area contributed by atoms with Crippen LogP contribution in [0.25, 0.3) is 21.3 Å². The van der Waals surface area contributed by atoms with E-state index in [1.165, 1.54) is 6.26 Å². The van der Waals surface area contributed by atoms with Crippen LogP contribution in [-0.2, 0) is 22.8 Å². The predicted molar refractivity (Wildman–Crippen MR) is 139 cm³/mol. The summed E-state index contributed by atoms with van der Waals surface area (Å²) in [5.74, 6) is 0.814. The molecule has 0 spiro atoms. The number of anilines is 1. The summed E-state index contributed by atoms with van der Waals surface area (Å²) in [4.78, 5) is 20.7. The van der Waals surface area contributed by atoms with E-state index in [-0.39, 0.29) is 0 Å². The van der Waals surface area contributed by atoms with Crippen LogP contribution in [0.3, 0.4) is 0 Å². The van der Waals surface area contributed by atoms with Crippen LogP contribution in [0.2, 0.25) is 0 Å². The Labute approximate surface area is 209 Å². The lowest BCUT2D eigenvalue weighted by atomic mass is 10.1. The molecule has 0 saturated carbocycles. The number of hydrogen-bond acceptors (Lipinski definition) is 9. The van der Waals surface area contributed by atoms with Crippen molar-refractivity contribution in [1.29, 1.82) is 0 Å². The van der Waals surface area contributed by atoms with Crippen molar-refractivity contribution in [2.45, 2.75) is 43.7 Å². The quantitative estimate of drug-likeness (QED) is 0.401. The fraction of sp³-hybridized carbons (Fsp3) is 0.360. The minimum atomic E-state index is -3.22. The molecule has 1 aromatic carbocycles. The van der Waals surface area contributed by atoms with Crippen molar-refractivity contribution < 1.29 is 8.42 Å². The van der Waals surface area contributed by atoms with Gasteiger partial charge in [-0.2, -0.15) is 0 Å². The van der Waals surface area contributed by atoms with Gasteiger partial charge in [0.1, 0.15) is 6.33 Å². The minimum absolute atomic E-state index is 0.316. The number of fused-ring (bicyclic) bond motifs is 1. The largest absolute Gasteiger partial charge is 0.341 e. The Bertz CT molecular complexity index is 1410. The molecule has 0 unspecified atom stereocenters. The zero-order valence-electron chi connectivity index (χ0n) is 19.8. The molecule has 0 radical (unpaired) electrons. The third-order valence-corrected chi connectivity index (χ3v) is 8.60. The Hall–Kier alpha value is -2.95. The molecule has 35 heavy (non-hydrogen) atoms. The zero-order chi connectivity index (χ0) is 24.4. The van der Waals surface area contributed by atoms with Gasteiger partial charge in [0, 0.05) is 55.3 Å². The van der Waals surface area contributed by atoms with E-state index < -0.39 is 9.84 Å². The van der Waals surface area contributed by atoms with Crippen LogP contribution in [0.5, 0.6) is 0 Å². The number of sulfone groups is 1. The van der Waals surface area contributed by atoms with Gasteiger partial charge < -0.3 is 10.2 Å². The summed E-state index contributed by atoms with van der Waals surface area (Å²) in [7, 11) is -3.22. The molecule has 1 aliphatic rings. The molecule has 1 saturated heterocycles. The van der Waals surface area contributed by atoms with Crippen molar-refractivity contribution in [3.63, 3.8) is 0 Å². The Morgan fingerprint density at radius 1 is 1.06 bits per heavy atom. The monoisotopic (exact) mass is 508 g/mol. The van der Waals surface area contributed by atoms with Gasteiger partial charge in [0.05, 0.1) is 20.8 Å². The van der Waals surface area contributed by atoms with Gasteiger partial charge in [-0.25, -0.2) is 28.4 Å². The third kappa shape index (κ3) is 5.19. The first-order chi connectivity index (χ1) is 16.9. The van der Waals surface area contributed by atoms with Crippen LogP contribution in [0.4, 0.5) is 5.95 Å². The standard InChI is InChI=1S/C25H28N6O2S2/c1-3-17-12-27-25(28-13-17)31-10-8-19(9-11-31)26-14-22-24-23(30-16-29-22)21(15-34-24)18-4-6-20(7-5-18)35(2,32)33/h4-7,12-13,15-16,19,26H,3,8-11,14H2,1-2H3. The van der Waals surface area contributed by atoms with Crippen LogP contribution < -0.4 is 10.2 Å². The zero-order valence-corrected chi connectivity index (χ0v) is 21.4. The average Bonchev–Trinajstić information content (AvgIpc) is 3.32. The highest BCUT2D eigenvalue weighted by Gasteiger charge is 2.21. The third-order valence-electron chi connectivity index (χ3n) is 6.46. The van der Waals surface area contributed by atoms with Gasteiger partial charge >= 0.3 is 0 Å². The molecule has 1 fully saturated rings. The summed E-state index contributed by atoms with van der Waals surface area (Å²) < 4.78 is 24.6. The van der Waals surface area contributed by atoms with Crippen molar-refractivity contribution >= 4 is 37.3 Å². The molecular weight excluding hydrogens is 480 g/mol. The number of aromatic nitrogens is 4. The Morgan fingerprint density at radius 3 is 2.43 bits per heavy atom. The summed E-state index contributed by atoms with van der Waals surface area (Å²) in [5, 5.41) is 5.75. The van der Waals surface area contributed by atoms with Gasteiger partial charge in [-0.1, -0.05) is 19.1 Å². The van der Waals surface area contributed by atoms with Gasteiger partial charge in [-0.05, 0) is 42.5 Å². The second-order valence-corrected chi connectivity index (χ2v) is 11.7. The fourth-order valence-corrected chi connectivity index (χ4v) is 5.98. The molecule has 0 aliphatic carbocycles. The molecule has 182 valence electrons. The van der Waals surface area contributed by atoms with Gasteiger partial charge in [0.15, 0.2) is 9.84 Å². The van der Waals surface area contributed by atoms with Crippen LogP contribution in [-0.4, -0.2) is 53.7 Å². The van der Waals surface area contributed by atoms with Crippen molar-refractivity contribution in [1.82, 2.24) is 25.3 Å². The van der Waals surface area contributed by atoms with Crippen LogP contribution >= 0.6 is 11.3 Å². The number of piperidine rings is 1. The molecule has 0 amide bonds. The topological polar surface area (TPSA) is 101 Å². The van der Waals surface area contributed by atoms with Gasteiger partial charge in [0.2, 0.25) is 5.95 Å². The smallest absolute Gasteiger partial charge is 0.225 e. The molecule has 0 bridgehead atoms. The number of nitrogens with zero attached hydrogens (tertiary/aromatic N) is 5. The Balaban J connectivity index is 1.24. The molecule has 1 aliphatic heterocycles. The van der Waals surface area contributed by atoms with E-state index in [0.717, 1.165) is 70.9 Å². The molecule has 4 heterocycles. The number of nitrogens with one attached hydrogen (secondary N) is 1. The van der Waals surface area contributed by atoms with Crippen LogP contribution in [0, 0.1) is 0 Å². The average molecular weight is 509 g/mol. The summed E-state index contributed by atoms with van der Waals surface area (Å²) in [6.07, 6.45) is 9.66. The summed E-state index contributed by atoms with van der Waals surface area (Å²) in [6.45, 7) is 4.64. The van der Waals surface area contributed by atoms with Gasteiger partial charge in [-0.15, -0.1) is 11.3 Å². The molecular formula is C25H28N6O2S2. The number of benzene rings is 1. The number of thiophene rings is 1. The number of aryl methyl sites for hydroxylation is 1. The minimum Gasteiger partial charge on any atom is -0.341 e. The normalized spacial score (nSPS) is 15.1. The maximum absolute atomic E-state index is 11.8. The van der Waals surface area contributed by atoms with Crippen LogP contribution in [0.15, 0.2) is 53.3 Å². The van der Waals surface area contributed by atoms with E-state index in [1.54, 1.807) is 29.8 Å².